The van der Waals surface area contributed by atoms with Crippen LogP contribution in [0.5, 0.6) is 0 Å². The summed E-state index contributed by atoms with van der Waals surface area (Å²) in [4.78, 5) is 18.6. The molecule has 0 radical (unpaired) electrons. The van der Waals surface area contributed by atoms with Gasteiger partial charge in [-0.15, -0.1) is 34.8 Å². The van der Waals surface area contributed by atoms with Crippen molar-refractivity contribution in [1.82, 2.24) is 0 Å². The molecule has 0 aromatic rings. The lowest BCUT2D eigenvalue weighted by Gasteiger charge is -2.38. The van der Waals surface area contributed by atoms with Crippen molar-refractivity contribution >= 4 is 128 Å². The molecule has 0 unspecified atom stereocenters. The zero-order valence-electron chi connectivity index (χ0n) is 14.4. The summed E-state index contributed by atoms with van der Waals surface area (Å²) in [5, 5.41) is -1.41. The fourth-order valence-electron chi connectivity index (χ4n) is 3.64. The Morgan fingerprint density at radius 3 is 1.40 bits per heavy atom. The minimum absolute atomic E-state index is 0.200. The molecule has 4 nitrogen and oxygen atoms in total. The maximum Gasteiger partial charge on any atom is 0.336 e. The van der Waals surface area contributed by atoms with Gasteiger partial charge in [0.15, 0.2) is 4.33 Å². The summed E-state index contributed by atoms with van der Waals surface area (Å²) in [6.07, 6.45) is 0. The van der Waals surface area contributed by atoms with E-state index in [1.807, 2.05) is 0 Å². The van der Waals surface area contributed by atoms with Gasteiger partial charge in [-0.05, 0) is 0 Å². The highest BCUT2D eigenvalue weighted by Gasteiger charge is 2.83. The molecule has 0 saturated carbocycles. The summed E-state index contributed by atoms with van der Waals surface area (Å²) in [7, 11) is 2.07. The molecule has 0 saturated heterocycles. The molecule has 2 bridgehead atoms. The van der Waals surface area contributed by atoms with E-state index in [0.717, 1.165) is 14.2 Å². The fraction of sp³-hybridized carbons (Fsp3) is 0.375. The Balaban J connectivity index is 2.49. The largest absolute Gasteiger partial charge is 0.466 e. The van der Waals surface area contributed by atoms with Crippen molar-refractivity contribution in [2.75, 3.05) is 14.2 Å². The molecule has 0 N–H and O–H groups in total. The van der Waals surface area contributed by atoms with Crippen LogP contribution in [0.2, 0.25) is 0 Å². The molecule has 0 spiro atoms. The summed E-state index contributed by atoms with van der Waals surface area (Å²) in [5.41, 5.74) is -1.38. The van der Waals surface area contributed by atoms with Gasteiger partial charge in [-0.25, -0.2) is 9.59 Å². The van der Waals surface area contributed by atoms with Crippen LogP contribution in [0.3, 0.4) is 0 Å². The summed E-state index contributed by atoms with van der Waals surface area (Å²) in [6.45, 7) is 0. The molecule has 14 heteroatoms. The molecule has 2 atom stereocenters. The third-order valence-electron chi connectivity index (χ3n) is 4.98. The maximum absolute atomic E-state index is 12.7. The lowest BCUT2D eigenvalue weighted by Crippen LogP contribution is -2.49. The monoisotopic (exact) mass is 612 g/mol. The molecule has 0 aromatic carbocycles. The van der Waals surface area contributed by atoms with E-state index >= 15 is 0 Å². The van der Waals surface area contributed by atoms with Crippen molar-refractivity contribution in [2.45, 2.75) is 19.0 Å². The van der Waals surface area contributed by atoms with Crippen LogP contribution in [-0.4, -0.2) is 45.1 Å². The number of fused-ring (bicyclic) bond motifs is 2. The molecule has 3 aliphatic rings. The quantitative estimate of drug-likeness (QED) is 0.263. The highest BCUT2D eigenvalue weighted by Crippen LogP contribution is 2.77. The molecule has 3 rings (SSSR count). The highest BCUT2D eigenvalue weighted by molar-refractivity contribution is 6.68. The van der Waals surface area contributed by atoms with Crippen LogP contribution in [0.15, 0.2) is 41.9 Å². The molecule has 0 heterocycles. The van der Waals surface area contributed by atoms with Crippen molar-refractivity contribution in [1.29, 1.82) is 0 Å². The molecular formula is C16H6Cl10O4. The number of halogens is 10. The third kappa shape index (κ3) is 2.58. The summed E-state index contributed by atoms with van der Waals surface area (Å²) in [5.74, 6) is -2.18. The number of esters is 2. The fourth-order valence-corrected chi connectivity index (χ4v) is 7.87. The van der Waals surface area contributed by atoms with Gasteiger partial charge in [-0.1, -0.05) is 81.2 Å². The number of hydrogen-bond donors (Lipinski definition) is 0. The van der Waals surface area contributed by atoms with Crippen molar-refractivity contribution in [2.24, 2.45) is 0 Å². The average molecular weight is 617 g/mol. The normalized spacial score (nSPS) is 31.9. The predicted molar refractivity (Wildman–Crippen MR) is 122 cm³/mol. The van der Waals surface area contributed by atoms with Crippen molar-refractivity contribution in [3.05, 3.63) is 41.9 Å². The maximum atomic E-state index is 12.7. The third-order valence-corrected chi connectivity index (χ3v) is 11.1. The SMILES string of the molecule is COC(=O)C1=C(C(=O)OC)[C@]2(Cl)C(C3(Cl)C(Cl)=C(Cl)C(Cl)=C3Cl)=C(Cl)[C@]1(Cl)C2(Cl)Cl. The number of rotatable bonds is 3. The Labute approximate surface area is 220 Å². The molecule has 0 aromatic heterocycles. The standard InChI is InChI=1S/C16H6Cl10O4/c1-29-11(27)3-4(12(28)30-2)15(24)10(21)7(14(3,23)16(15,25)26)13(22)8(19)5(17)6(18)9(13)20/h1-2H3/t14-,15-/m0/s1. The Morgan fingerprint density at radius 1 is 0.667 bits per heavy atom. The van der Waals surface area contributed by atoms with Gasteiger partial charge in [0.25, 0.3) is 0 Å². The van der Waals surface area contributed by atoms with Crippen molar-refractivity contribution in [3.8, 4) is 0 Å². The topological polar surface area (TPSA) is 52.6 Å². The number of alkyl halides is 5. The second kappa shape index (κ2) is 7.66. The predicted octanol–water partition coefficient (Wildman–Crippen LogP) is 6.65. The number of hydrogen-bond acceptors (Lipinski definition) is 4. The van der Waals surface area contributed by atoms with Crippen molar-refractivity contribution in [3.63, 3.8) is 0 Å². The lowest BCUT2D eigenvalue weighted by atomic mass is 9.82. The Hall–Kier alpha value is 0.800. The van der Waals surface area contributed by atoms with Gasteiger partial charge < -0.3 is 9.47 Å². The first-order chi connectivity index (χ1) is 13.6. The van der Waals surface area contributed by atoms with Crippen LogP contribution in [0.1, 0.15) is 0 Å². The van der Waals surface area contributed by atoms with E-state index < -0.39 is 47.1 Å². The summed E-state index contributed by atoms with van der Waals surface area (Å²) in [6, 6.07) is 0. The molecule has 0 aliphatic heterocycles. The highest BCUT2D eigenvalue weighted by atomic mass is 35.5. The second-order valence-corrected chi connectivity index (χ2v) is 11.1. The van der Waals surface area contributed by atoms with Crippen LogP contribution in [0.25, 0.3) is 0 Å². The van der Waals surface area contributed by atoms with Crippen LogP contribution in [0.4, 0.5) is 0 Å². The van der Waals surface area contributed by atoms with E-state index in [-0.39, 0.29) is 25.7 Å². The van der Waals surface area contributed by atoms with Crippen LogP contribution >= 0.6 is 116 Å². The second-order valence-electron chi connectivity index (χ2n) is 6.23. The number of ether oxygens (including phenoxy) is 2. The number of methoxy groups -OCH3 is 2. The molecule has 164 valence electrons. The van der Waals surface area contributed by atoms with E-state index in [1.165, 1.54) is 0 Å². The van der Waals surface area contributed by atoms with E-state index in [1.54, 1.807) is 0 Å². The molecule has 3 aliphatic carbocycles. The van der Waals surface area contributed by atoms with Gasteiger partial charge in [0.2, 0.25) is 0 Å². The molecular weight excluding hydrogens is 611 g/mol. The molecule has 0 amide bonds. The zero-order valence-corrected chi connectivity index (χ0v) is 22.0. The van der Waals surface area contributed by atoms with Gasteiger partial charge >= 0.3 is 11.9 Å². The average Bonchev–Trinajstić information content (AvgIpc) is 3.00. The lowest BCUT2D eigenvalue weighted by molar-refractivity contribution is -0.139. The van der Waals surface area contributed by atoms with E-state index in [0.29, 0.717) is 0 Å². The van der Waals surface area contributed by atoms with Gasteiger partial charge in [0, 0.05) is 5.57 Å². The Morgan fingerprint density at radius 2 is 1.03 bits per heavy atom. The Bertz CT molecular complexity index is 1010. The smallest absolute Gasteiger partial charge is 0.336 e. The van der Waals surface area contributed by atoms with Crippen LogP contribution in [-0.2, 0) is 19.1 Å². The van der Waals surface area contributed by atoms with Gasteiger partial charge in [0.1, 0.15) is 14.6 Å². The number of carbonyl (C=O) groups is 2. The van der Waals surface area contributed by atoms with E-state index in [4.69, 9.17) is 125 Å². The van der Waals surface area contributed by atoms with E-state index in [2.05, 4.69) is 0 Å². The van der Waals surface area contributed by atoms with Gasteiger partial charge in [-0.3, -0.25) is 0 Å². The Kier molecular flexibility index (Phi) is 6.49. The number of allylic oxidation sites excluding steroid dienone is 6. The summed E-state index contributed by atoms with van der Waals surface area (Å²) < 4.78 is 7.15. The number of carbonyl (C=O) groups excluding carboxylic acids is 2. The molecule has 30 heavy (non-hydrogen) atoms. The minimum Gasteiger partial charge on any atom is -0.466 e. The molecule has 0 fully saturated rings. The first kappa shape index (κ1) is 25.4. The van der Waals surface area contributed by atoms with E-state index in [9.17, 15) is 9.59 Å². The first-order valence-electron chi connectivity index (χ1n) is 7.52. The first-order valence-corrected chi connectivity index (χ1v) is 11.3. The zero-order chi connectivity index (χ0) is 23.2. The van der Waals surface area contributed by atoms with Gasteiger partial charge in [-0.2, -0.15) is 0 Å². The van der Waals surface area contributed by atoms with Crippen LogP contribution in [0, 0.1) is 0 Å². The van der Waals surface area contributed by atoms with Crippen molar-refractivity contribution < 1.29 is 19.1 Å². The summed E-state index contributed by atoms with van der Waals surface area (Å²) >= 11 is 65.0. The van der Waals surface area contributed by atoms with Crippen LogP contribution < -0.4 is 0 Å². The minimum atomic E-state index is -2.36. The van der Waals surface area contributed by atoms with Gasteiger partial charge in [0.05, 0.1) is 50.5 Å².